The molecule has 1 aromatic carbocycles. The average Bonchev–Trinajstić information content (AvgIpc) is 3.08. The van der Waals surface area contributed by atoms with Crippen LogP contribution in [0.3, 0.4) is 0 Å². The molecule has 9 nitrogen and oxygen atoms in total. The number of hydrogen-bond donors (Lipinski definition) is 3. The van der Waals surface area contributed by atoms with Gasteiger partial charge in [-0.2, -0.15) is 10.2 Å². The Balaban J connectivity index is 2.34. The van der Waals surface area contributed by atoms with Crippen molar-refractivity contribution in [2.45, 2.75) is 58.7 Å². The fraction of sp³-hybridized carbons (Fsp3) is 0.455. The van der Waals surface area contributed by atoms with E-state index in [1.807, 2.05) is 19.9 Å². The number of amides is 2. The van der Waals surface area contributed by atoms with Gasteiger partial charge < -0.3 is 24.9 Å². The largest absolute Gasteiger partial charge is 0.506 e. The molecule has 3 N–H and O–H groups in total. The summed E-state index contributed by atoms with van der Waals surface area (Å²) < 4.78 is 11.9. The number of phenols is 1. The number of aromatic hydroxyl groups is 1. The molecular formula is C22H25Br3N4O5. The second-order valence-corrected chi connectivity index (χ2v) is 11.3. The number of phenolic OH excluding ortho intramolecular Hbond substituents is 1. The second kappa shape index (κ2) is 11.6. The van der Waals surface area contributed by atoms with Crippen LogP contribution in [0.25, 0.3) is 0 Å². The molecule has 0 aliphatic rings. The summed E-state index contributed by atoms with van der Waals surface area (Å²) in [5.41, 5.74) is -0.0227. The molecule has 2 aromatic rings. The van der Waals surface area contributed by atoms with E-state index < -0.39 is 29.7 Å². The maximum atomic E-state index is 13.3. The van der Waals surface area contributed by atoms with Gasteiger partial charge in [0.05, 0.1) is 8.95 Å². The molecular weight excluding hydrogens is 640 g/mol. The van der Waals surface area contributed by atoms with Gasteiger partial charge in [-0.25, -0.2) is 4.79 Å². The van der Waals surface area contributed by atoms with Crippen LogP contribution in [0.15, 0.2) is 30.2 Å². The highest BCUT2D eigenvalue weighted by Gasteiger charge is 2.31. The van der Waals surface area contributed by atoms with Gasteiger partial charge in [0.2, 0.25) is 16.5 Å². The minimum absolute atomic E-state index is 0.0208. The number of oxazole rings is 1. The second-order valence-electron chi connectivity index (χ2n) is 8.83. The highest BCUT2D eigenvalue weighted by molar-refractivity contribution is 9.11. The van der Waals surface area contributed by atoms with Gasteiger partial charge in [0.25, 0.3) is 0 Å². The van der Waals surface area contributed by atoms with E-state index in [0.29, 0.717) is 14.5 Å². The third-order valence-electron chi connectivity index (χ3n) is 4.46. The fourth-order valence-corrected chi connectivity index (χ4v) is 4.54. The van der Waals surface area contributed by atoms with Crippen LogP contribution in [-0.2, 0) is 16.0 Å². The van der Waals surface area contributed by atoms with Crippen LogP contribution in [0.2, 0.25) is 0 Å². The van der Waals surface area contributed by atoms with E-state index >= 15 is 0 Å². The van der Waals surface area contributed by atoms with Crippen molar-refractivity contribution in [1.29, 1.82) is 5.26 Å². The number of nitrogens with one attached hydrogen (secondary N) is 2. The number of nitriles is 1. The van der Waals surface area contributed by atoms with Gasteiger partial charge in [0, 0.05) is 6.42 Å². The van der Waals surface area contributed by atoms with E-state index in [9.17, 15) is 14.7 Å². The van der Waals surface area contributed by atoms with Crippen molar-refractivity contribution in [3.63, 3.8) is 0 Å². The lowest BCUT2D eigenvalue weighted by atomic mass is 10.0. The molecule has 184 valence electrons. The number of rotatable bonds is 7. The first-order chi connectivity index (χ1) is 15.7. The molecule has 2 rings (SSSR count). The van der Waals surface area contributed by atoms with Crippen LogP contribution < -0.4 is 10.6 Å². The van der Waals surface area contributed by atoms with Crippen LogP contribution in [0, 0.1) is 17.2 Å². The SMILES string of the molecule is CC(C)[C@H](NC(=O)[C@H](Cc1cc(Br)c(O)c(Br)c1)NC(=O)OC(C)(C)C)c1nc(C#N)c(Br)o1. The lowest BCUT2D eigenvalue weighted by Gasteiger charge is -2.26. The summed E-state index contributed by atoms with van der Waals surface area (Å²) in [6.07, 6.45) is -0.650. The summed E-state index contributed by atoms with van der Waals surface area (Å²) >= 11 is 9.70. The molecule has 0 saturated heterocycles. The van der Waals surface area contributed by atoms with E-state index in [2.05, 4.69) is 63.4 Å². The number of alkyl carbamates (subject to hydrolysis) is 1. The van der Waals surface area contributed by atoms with E-state index in [4.69, 9.17) is 14.4 Å². The van der Waals surface area contributed by atoms with Crippen LogP contribution in [0.5, 0.6) is 5.75 Å². The van der Waals surface area contributed by atoms with Crippen molar-refractivity contribution in [3.05, 3.63) is 42.9 Å². The summed E-state index contributed by atoms with van der Waals surface area (Å²) in [6, 6.07) is 3.54. The van der Waals surface area contributed by atoms with Crippen molar-refractivity contribution >= 4 is 59.8 Å². The van der Waals surface area contributed by atoms with E-state index in [0.717, 1.165) is 0 Å². The lowest BCUT2D eigenvalue weighted by Crippen LogP contribution is -2.50. The first-order valence-corrected chi connectivity index (χ1v) is 12.6. The van der Waals surface area contributed by atoms with E-state index in [-0.39, 0.29) is 34.3 Å². The average molecular weight is 665 g/mol. The third-order valence-corrected chi connectivity index (χ3v) is 6.21. The maximum Gasteiger partial charge on any atom is 0.408 e. The Morgan fingerprint density at radius 1 is 1.21 bits per heavy atom. The smallest absolute Gasteiger partial charge is 0.408 e. The van der Waals surface area contributed by atoms with Gasteiger partial charge in [0.15, 0.2) is 5.69 Å². The quantitative estimate of drug-likeness (QED) is 0.356. The molecule has 0 spiro atoms. The van der Waals surface area contributed by atoms with E-state index in [1.54, 1.807) is 32.9 Å². The predicted octanol–water partition coefficient (Wildman–Crippen LogP) is 5.49. The number of benzene rings is 1. The molecule has 2 amide bonds. The fourth-order valence-electron chi connectivity index (χ4n) is 2.92. The van der Waals surface area contributed by atoms with Gasteiger partial charge in [0.1, 0.15) is 29.5 Å². The maximum absolute atomic E-state index is 13.3. The number of aromatic nitrogens is 1. The summed E-state index contributed by atoms with van der Waals surface area (Å²) in [5, 5.41) is 24.6. The first kappa shape index (κ1) is 28.1. The zero-order valence-electron chi connectivity index (χ0n) is 19.2. The van der Waals surface area contributed by atoms with Gasteiger partial charge in [-0.15, -0.1) is 0 Å². The number of carbonyl (C=O) groups is 2. The Bertz CT molecular complexity index is 1080. The highest BCUT2D eigenvalue weighted by atomic mass is 79.9. The Hall–Kier alpha value is -2.10. The Kier molecular flexibility index (Phi) is 9.56. The molecule has 34 heavy (non-hydrogen) atoms. The number of halogens is 3. The minimum atomic E-state index is -1.02. The van der Waals surface area contributed by atoms with Gasteiger partial charge in [-0.3, -0.25) is 4.79 Å². The Morgan fingerprint density at radius 2 is 1.79 bits per heavy atom. The Labute approximate surface area is 223 Å². The monoisotopic (exact) mass is 662 g/mol. The van der Waals surface area contributed by atoms with Gasteiger partial charge in [-0.1, -0.05) is 13.8 Å². The topological polar surface area (TPSA) is 137 Å². The van der Waals surface area contributed by atoms with Crippen molar-refractivity contribution in [3.8, 4) is 11.8 Å². The molecule has 1 aromatic heterocycles. The van der Waals surface area contributed by atoms with Crippen LogP contribution in [0.4, 0.5) is 4.79 Å². The molecule has 1 heterocycles. The van der Waals surface area contributed by atoms with Gasteiger partial charge >= 0.3 is 6.09 Å². The van der Waals surface area contributed by atoms with Crippen molar-refractivity contribution in [2.75, 3.05) is 0 Å². The summed E-state index contributed by atoms with van der Waals surface area (Å²) in [4.78, 5) is 30.0. The predicted molar refractivity (Wildman–Crippen MR) is 135 cm³/mol. The zero-order chi connectivity index (χ0) is 25.8. The normalized spacial score (nSPS) is 13.2. The Morgan fingerprint density at radius 3 is 2.26 bits per heavy atom. The number of ether oxygens (including phenoxy) is 1. The number of nitrogens with zero attached hydrogens (tertiary/aromatic N) is 2. The number of hydrogen-bond acceptors (Lipinski definition) is 7. The van der Waals surface area contributed by atoms with Gasteiger partial charge in [-0.05, 0) is 92.2 Å². The molecule has 0 aliphatic carbocycles. The van der Waals surface area contributed by atoms with Crippen molar-refractivity contribution < 1.29 is 23.8 Å². The molecule has 2 atom stereocenters. The number of carbonyl (C=O) groups excluding carboxylic acids is 2. The van der Waals surface area contributed by atoms with Crippen molar-refractivity contribution in [1.82, 2.24) is 15.6 Å². The summed E-state index contributed by atoms with van der Waals surface area (Å²) in [5.74, 6) is -0.455. The molecule has 12 heteroatoms. The molecule has 0 unspecified atom stereocenters. The minimum Gasteiger partial charge on any atom is -0.506 e. The van der Waals surface area contributed by atoms with Crippen LogP contribution in [0.1, 0.15) is 57.8 Å². The third kappa shape index (κ3) is 7.71. The first-order valence-electron chi connectivity index (χ1n) is 10.2. The molecule has 0 aliphatic heterocycles. The van der Waals surface area contributed by atoms with E-state index in [1.165, 1.54) is 0 Å². The van der Waals surface area contributed by atoms with Crippen LogP contribution in [-0.4, -0.2) is 33.7 Å². The zero-order valence-corrected chi connectivity index (χ0v) is 24.0. The molecule has 0 bridgehead atoms. The summed E-state index contributed by atoms with van der Waals surface area (Å²) in [6.45, 7) is 8.88. The van der Waals surface area contributed by atoms with Crippen LogP contribution >= 0.6 is 47.8 Å². The molecule has 0 fully saturated rings. The molecule has 0 saturated carbocycles. The molecule has 0 radical (unpaired) electrons. The van der Waals surface area contributed by atoms with Crippen molar-refractivity contribution in [2.24, 2.45) is 5.92 Å². The lowest BCUT2D eigenvalue weighted by molar-refractivity contribution is -0.124. The summed E-state index contributed by atoms with van der Waals surface area (Å²) in [7, 11) is 0. The standard InChI is InChI=1S/C22H25Br3N4O5/c1-10(2)16(20-27-15(9-26)18(25)33-20)29-19(31)14(28-21(32)34-22(3,4)5)8-11-6-12(23)17(30)13(24)7-11/h6-7,10,14,16,30H,8H2,1-5H3,(H,28,32)(H,29,31)/t14-,16-/m0/s1. The highest BCUT2D eigenvalue weighted by Crippen LogP contribution is 2.34.